The normalized spacial score (nSPS) is 10.8. The topological polar surface area (TPSA) is 68.0 Å². The standard InChI is InChI=1S/C19H11Cl2N3O2/c20-13-6-3-11(4-7-13)18(25)23-15-10-12(5-8-14(15)21)19-24-17-16(26-19)2-1-9-22-17/h1-10H,(H,23,25). The summed E-state index contributed by atoms with van der Waals surface area (Å²) >= 11 is 12.1. The number of oxazole rings is 1. The van der Waals surface area contributed by atoms with Gasteiger partial charge in [0.15, 0.2) is 11.2 Å². The van der Waals surface area contributed by atoms with E-state index in [1.165, 1.54) is 0 Å². The first-order chi connectivity index (χ1) is 12.6. The van der Waals surface area contributed by atoms with Gasteiger partial charge in [-0.1, -0.05) is 23.2 Å². The molecule has 4 rings (SSSR count). The summed E-state index contributed by atoms with van der Waals surface area (Å²) in [7, 11) is 0. The Balaban J connectivity index is 1.65. The Morgan fingerprint density at radius 3 is 2.62 bits per heavy atom. The number of carbonyl (C=O) groups excluding carboxylic acids is 1. The third kappa shape index (κ3) is 3.27. The summed E-state index contributed by atoms with van der Waals surface area (Å²) in [5.41, 5.74) is 2.72. The van der Waals surface area contributed by atoms with Crippen molar-refractivity contribution >= 4 is 46.0 Å². The number of amides is 1. The molecule has 1 amide bonds. The lowest BCUT2D eigenvalue weighted by Gasteiger charge is -2.08. The Morgan fingerprint density at radius 1 is 1.04 bits per heavy atom. The Kier molecular flexibility index (Phi) is 4.32. The molecular formula is C19H11Cl2N3O2. The van der Waals surface area contributed by atoms with Crippen molar-refractivity contribution in [3.05, 3.63) is 76.4 Å². The van der Waals surface area contributed by atoms with E-state index >= 15 is 0 Å². The molecule has 0 aliphatic heterocycles. The van der Waals surface area contributed by atoms with E-state index in [-0.39, 0.29) is 5.91 Å². The van der Waals surface area contributed by atoms with Crippen LogP contribution in [0, 0.1) is 0 Å². The SMILES string of the molecule is O=C(Nc1cc(-c2nc3ncccc3o2)ccc1Cl)c1ccc(Cl)cc1. The number of nitrogens with zero attached hydrogens (tertiary/aromatic N) is 2. The maximum Gasteiger partial charge on any atom is 0.255 e. The van der Waals surface area contributed by atoms with Gasteiger partial charge in [0.2, 0.25) is 5.89 Å². The Hall–Kier alpha value is -2.89. The molecule has 0 radical (unpaired) electrons. The lowest BCUT2D eigenvalue weighted by Crippen LogP contribution is -2.12. The van der Waals surface area contributed by atoms with Gasteiger partial charge < -0.3 is 9.73 Å². The number of aromatic nitrogens is 2. The number of carbonyl (C=O) groups is 1. The maximum absolute atomic E-state index is 12.4. The van der Waals surface area contributed by atoms with Crippen LogP contribution in [0.3, 0.4) is 0 Å². The first-order valence-corrected chi connectivity index (χ1v) is 8.44. The van der Waals surface area contributed by atoms with Gasteiger partial charge in [-0.25, -0.2) is 4.98 Å². The number of nitrogens with one attached hydrogen (secondary N) is 1. The summed E-state index contributed by atoms with van der Waals surface area (Å²) in [5, 5.41) is 3.76. The molecule has 2 aromatic carbocycles. The van der Waals surface area contributed by atoms with E-state index in [4.69, 9.17) is 27.6 Å². The fourth-order valence-corrected chi connectivity index (χ4v) is 2.73. The fourth-order valence-electron chi connectivity index (χ4n) is 2.44. The minimum absolute atomic E-state index is 0.292. The van der Waals surface area contributed by atoms with E-state index in [1.807, 2.05) is 0 Å². The fraction of sp³-hybridized carbons (Fsp3) is 0. The van der Waals surface area contributed by atoms with E-state index in [0.29, 0.717) is 44.0 Å². The molecule has 0 spiro atoms. The van der Waals surface area contributed by atoms with E-state index in [9.17, 15) is 4.79 Å². The monoisotopic (exact) mass is 383 g/mol. The van der Waals surface area contributed by atoms with Crippen molar-refractivity contribution in [2.75, 3.05) is 5.32 Å². The zero-order valence-corrected chi connectivity index (χ0v) is 14.8. The van der Waals surface area contributed by atoms with Crippen molar-refractivity contribution < 1.29 is 9.21 Å². The van der Waals surface area contributed by atoms with Gasteiger partial charge in [0.25, 0.3) is 5.91 Å². The molecule has 4 aromatic rings. The van der Waals surface area contributed by atoms with Gasteiger partial charge in [0.05, 0.1) is 10.7 Å². The van der Waals surface area contributed by atoms with Crippen molar-refractivity contribution in [1.29, 1.82) is 0 Å². The number of hydrogen-bond donors (Lipinski definition) is 1. The number of halogens is 2. The minimum atomic E-state index is -0.292. The minimum Gasteiger partial charge on any atom is -0.434 e. The molecule has 5 nitrogen and oxygen atoms in total. The zero-order chi connectivity index (χ0) is 18.1. The second-order valence-corrected chi connectivity index (χ2v) is 6.34. The summed E-state index contributed by atoms with van der Waals surface area (Å²) in [6, 6.07) is 15.3. The molecule has 1 N–H and O–H groups in total. The van der Waals surface area contributed by atoms with Gasteiger partial charge in [0, 0.05) is 22.3 Å². The second kappa shape index (κ2) is 6.78. The van der Waals surface area contributed by atoms with Crippen LogP contribution < -0.4 is 5.32 Å². The van der Waals surface area contributed by atoms with Crippen LogP contribution in [0.15, 0.2) is 65.2 Å². The summed E-state index contributed by atoms with van der Waals surface area (Å²) in [6.07, 6.45) is 1.65. The average molecular weight is 384 g/mol. The lowest BCUT2D eigenvalue weighted by atomic mass is 10.1. The third-order valence-corrected chi connectivity index (χ3v) is 4.31. The zero-order valence-electron chi connectivity index (χ0n) is 13.2. The quantitative estimate of drug-likeness (QED) is 0.510. The van der Waals surface area contributed by atoms with Gasteiger partial charge in [-0.2, -0.15) is 4.98 Å². The molecule has 0 bridgehead atoms. The van der Waals surface area contributed by atoms with Crippen LogP contribution in [0.2, 0.25) is 10.0 Å². The predicted octanol–water partition coefficient (Wildman–Crippen LogP) is 5.45. The van der Waals surface area contributed by atoms with Crippen LogP contribution in [-0.4, -0.2) is 15.9 Å². The highest BCUT2D eigenvalue weighted by Crippen LogP contribution is 2.30. The highest BCUT2D eigenvalue weighted by molar-refractivity contribution is 6.34. The van der Waals surface area contributed by atoms with Crippen molar-refractivity contribution in [3.8, 4) is 11.5 Å². The number of fused-ring (bicyclic) bond motifs is 1. The Morgan fingerprint density at radius 2 is 1.85 bits per heavy atom. The highest BCUT2D eigenvalue weighted by atomic mass is 35.5. The number of anilines is 1. The molecule has 0 aliphatic rings. The van der Waals surface area contributed by atoms with Crippen LogP contribution in [0.1, 0.15) is 10.4 Å². The van der Waals surface area contributed by atoms with Gasteiger partial charge in [-0.3, -0.25) is 4.79 Å². The molecule has 2 aromatic heterocycles. The molecule has 0 saturated heterocycles. The molecular weight excluding hydrogens is 373 g/mol. The highest BCUT2D eigenvalue weighted by Gasteiger charge is 2.13. The molecule has 0 atom stereocenters. The number of hydrogen-bond acceptors (Lipinski definition) is 4. The van der Waals surface area contributed by atoms with E-state index in [2.05, 4.69) is 15.3 Å². The van der Waals surface area contributed by atoms with Crippen molar-refractivity contribution in [2.45, 2.75) is 0 Å². The number of rotatable bonds is 3. The van der Waals surface area contributed by atoms with Crippen molar-refractivity contribution in [2.24, 2.45) is 0 Å². The molecule has 7 heteroatoms. The molecule has 0 aliphatic carbocycles. The maximum atomic E-state index is 12.4. The van der Waals surface area contributed by atoms with Crippen LogP contribution in [0.4, 0.5) is 5.69 Å². The van der Waals surface area contributed by atoms with E-state index in [0.717, 1.165) is 0 Å². The third-order valence-electron chi connectivity index (χ3n) is 3.73. The average Bonchev–Trinajstić information content (AvgIpc) is 3.08. The van der Waals surface area contributed by atoms with Gasteiger partial charge in [0.1, 0.15) is 0 Å². The number of pyridine rings is 1. The Labute approximate surface area is 158 Å². The predicted molar refractivity (Wildman–Crippen MR) is 102 cm³/mol. The summed E-state index contributed by atoms with van der Waals surface area (Å²) in [6.45, 7) is 0. The van der Waals surface area contributed by atoms with Gasteiger partial charge in [-0.15, -0.1) is 0 Å². The summed E-state index contributed by atoms with van der Waals surface area (Å²) < 4.78 is 5.71. The second-order valence-electron chi connectivity index (χ2n) is 5.50. The van der Waals surface area contributed by atoms with Crippen LogP contribution in [-0.2, 0) is 0 Å². The Bertz CT molecular complexity index is 1070. The van der Waals surface area contributed by atoms with Gasteiger partial charge >= 0.3 is 0 Å². The number of benzene rings is 2. The first kappa shape index (κ1) is 16.6. The first-order valence-electron chi connectivity index (χ1n) is 7.68. The summed E-state index contributed by atoms with van der Waals surface area (Å²) in [5.74, 6) is 0.109. The van der Waals surface area contributed by atoms with Crippen LogP contribution in [0.5, 0.6) is 0 Å². The molecule has 128 valence electrons. The largest absolute Gasteiger partial charge is 0.434 e. The lowest BCUT2D eigenvalue weighted by molar-refractivity contribution is 0.102. The molecule has 2 heterocycles. The van der Waals surface area contributed by atoms with Crippen molar-refractivity contribution in [1.82, 2.24) is 9.97 Å². The summed E-state index contributed by atoms with van der Waals surface area (Å²) in [4.78, 5) is 20.9. The van der Waals surface area contributed by atoms with Crippen molar-refractivity contribution in [3.63, 3.8) is 0 Å². The molecule has 0 unspecified atom stereocenters. The van der Waals surface area contributed by atoms with E-state index < -0.39 is 0 Å². The smallest absolute Gasteiger partial charge is 0.255 e. The van der Waals surface area contributed by atoms with Crippen LogP contribution in [0.25, 0.3) is 22.7 Å². The van der Waals surface area contributed by atoms with Gasteiger partial charge in [-0.05, 0) is 54.6 Å². The van der Waals surface area contributed by atoms with E-state index in [1.54, 1.807) is 60.8 Å². The van der Waals surface area contributed by atoms with Crippen LogP contribution >= 0.6 is 23.2 Å². The molecule has 0 fully saturated rings. The molecule has 26 heavy (non-hydrogen) atoms. The molecule has 0 saturated carbocycles.